The van der Waals surface area contributed by atoms with Gasteiger partial charge in [0.1, 0.15) is 11.5 Å². The molecule has 1 amide bonds. The smallest absolute Gasteiger partial charge is 0.258 e. The first-order valence-electron chi connectivity index (χ1n) is 6.28. The third-order valence-corrected chi connectivity index (χ3v) is 3.40. The van der Waals surface area contributed by atoms with Gasteiger partial charge < -0.3 is 20.8 Å². The van der Waals surface area contributed by atoms with Gasteiger partial charge in [-0.25, -0.2) is 0 Å². The van der Waals surface area contributed by atoms with Crippen molar-refractivity contribution in [1.82, 2.24) is 0 Å². The molecule has 3 rings (SSSR count). The van der Waals surface area contributed by atoms with Gasteiger partial charge in [0.2, 0.25) is 0 Å². The summed E-state index contributed by atoms with van der Waals surface area (Å²) < 4.78 is 0. The monoisotopic (exact) mass is 270 g/mol. The molecule has 2 aromatic carbocycles. The van der Waals surface area contributed by atoms with E-state index < -0.39 is 0 Å². The number of aromatic hydroxyl groups is 2. The molecule has 0 radical (unpaired) electrons. The number of nitrogens with two attached hydrogens (primary N) is 1. The zero-order chi connectivity index (χ0) is 14.3. The van der Waals surface area contributed by atoms with Crippen LogP contribution in [0.2, 0.25) is 0 Å². The summed E-state index contributed by atoms with van der Waals surface area (Å²) in [6.45, 7) is 0.564. The number of nitrogens with zero attached hydrogens (tertiary/aromatic N) is 1. The van der Waals surface area contributed by atoms with Crippen LogP contribution in [-0.2, 0) is 6.42 Å². The predicted molar refractivity (Wildman–Crippen MR) is 76.0 cm³/mol. The molecule has 102 valence electrons. The molecule has 0 aromatic heterocycles. The van der Waals surface area contributed by atoms with Crippen molar-refractivity contribution in [3.8, 4) is 11.5 Å². The molecule has 4 N–H and O–H groups in total. The summed E-state index contributed by atoms with van der Waals surface area (Å²) in [6, 6.07) is 9.36. The zero-order valence-electron chi connectivity index (χ0n) is 10.7. The highest BCUT2D eigenvalue weighted by Crippen LogP contribution is 2.32. The van der Waals surface area contributed by atoms with Crippen LogP contribution in [0.5, 0.6) is 11.5 Å². The van der Waals surface area contributed by atoms with E-state index in [1.807, 2.05) is 12.1 Å². The average molecular weight is 270 g/mol. The summed E-state index contributed by atoms with van der Waals surface area (Å²) in [6.07, 6.45) is 0.770. The summed E-state index contributed by atoms with van der Waals surface area (Å²) in [5, 5.41) is 18.9. The van der Waals surface area contributed by atoms with Gasteiger partial charge in [-0.05, 0) is 36.2 Å². The van der Waals surface area contributed by atoms with Crippen LogP contribution < -0.4 is 10.6 Å². The van der Waals surface area contributed by atoms with E-state index >= 15 is 0 Å². The molecule has 0 aliphatic carbocycles. The Morgan fingerprint density at radius 2 is 1.80 bits per heavy atom. The molecule has 0 unspecified atom stereocenters. The van der Waals surface area contributed by atoms with Crippen LogP contribution >= 0.6 is 0 Å². The molecule has 5 heteroatoms. The Morgan fingerprint density at radius 3 is 2.50 bits per heavy atom. The number of hydrogen-bond donors (Lipinski definition) is 3. The van der Waals surface area contributed by atoms with Gasteiger partial charge in [0.25, 0.3) is 5.91 Å². The molecule has 2 aromatic rings. The number of phenolic OH excluding ortho intramolecular Hbond substituents is 2. The Kier molecular flexibility index (Phi) is 2.75. The van der Waals surface area contributed by atoms with Gasteiger partial charge in [0.15, 0.2) is 0 Å². The lowest BCUT2D eigenvalue weighted by Crippen LogP contribution is -2.28. The van der Waals surface area contributed by atoms with Gasteiger partial charge >= 0.3 is 0 Å². The maximum atomic E-state index is 12.5. The van der Waals surface area contributed by atoms with Crippen molar-refractivity contribution in [2.75, 3.05) is 17.2 Å². The molecule has 0 saturated carbocycles. The minimum Gasteiger partial charge on any atom is -0.508 e. The van der Waals surface area contributed by atoms with Crippen LogP contribution in [-0.4, -0.2) is 22.7 Å². The molecule has 1 aliphatic heterocycles. The number of nitrogen functional groups attached to an aromatic ring is 1. The van der Waals surface area contributed by atoms with Crippen molar-refractivity contribution in [3.05, 3.63) is 47.5 Å². The third-order valence-electron chi connectivity index (χ3n) is 3.40. The van der Waals surface area contributed by atoms with E-state index in [2.05, 4.69) is 0 Å². The van der Waals surface area contributed by atoms with E-state index in [-0.39, 0.29) is 23.0 Å². The first-order chi connectivity index (χ1) is 9.54. The van der Waals surface area contributed by atoms with Gasteiger partial charge in [-0.2, -0.15) is 0 Å². The number of amides is 1. The number of carbonyl (C=O) groups excluding carboxylic acids is 1. The number of rotatable bonds is 1. The van der Waals surface area contributed by atoms with E-state index in [9.17, 15) is 15.0 Å². The second-order valence-electron chi connectivity index (χ2n) is 4.83. The van der Waals surface area contributed by atoms with E-state index in [4.69, 9.17) is 5.73 Å². The average Bonchev–Trinajstić information content (AvgIpc) is 2.79. The van der Waals surface area contributed by atoms with Crippen LogP contribution in [0.25, 0.3) is 0 Å². The van der Waals surface area contributed by atoms with Gasteiger partial charge in [-0.1, -0.05) is 6.07 Å². The molecule has 0 saturated heterocycles. The first-order valence-corrected chi connectivity index (χ1v) is 6.28. The highest BCUT2D eigenvalue weighted by Gasteiger charge is 2.26. The van der Waals surface area contributed by atoms with Gasteiger partial charge in [-0.3, -0.25) is 4.79 Å². The maximum Gasteiger partial charge on any atom is 0.258 e. The van der Waals surface area contributed by atoms with Crippen LogP contribution in [0.4, 0.5) is 11.4 Å². The summed E-state index contributed by atoms with van der Waals surface area (Å²) in [7, 11) is 0. The molecule has 20 heavy (non-hydrogen) atoms. The van der Waals surface area contributed by atoms with Crippen LogP contribution in [0.1, 0.15) is 15.9 Å². The van der Waals surface area contributed by atoms with Crippen molar-refractivity contribution in [2.24, 2.45) is 0 Å². The highest BCUT2D eigenvalue weighted by molar-refractivity contribution is 6.08. The largest absolute Gasteiger partial charge is 0.508 e. The van der Waals surface area contributed by atoms with Gasteiger partial charge in [-0.15, -0.1) is 0 Å². The number of benzene rings is 2. The summed E-state index contributed by atoms with van der Waals surface area (Å²) in [5.74, 6) is -0.541. The summed E-state index contributed by atoms with van der Waals surface area (Å²) in [5.41, 5.74) is 8.47. The molecular formula is C15H14N2O3. The number of anilines is 2. The Labute approximate surface area is 115 Å². The zero-order valence-corrected chi connectivity index (χ0v) is 10.7. The molecule has 1 aliphatic rings. The fourth-order valence-electron chi connectivity index (χ4n) is 2.48. The molecule has 0 bridgehead atoms. The molecule has 0 atom stereocenters. The van der Waals surface area contributed by atoms with Crippen molar-refractivity contribution < 1.29 is 15.0 Å². The van der Waals surface area contributed by atoms with E-state index in [0.717, 1.165) is 17.7 Å². The molecule has 1 heterocycles. The topological polar surface area (TPSA) is 86.8 Å². The van der Waals surface area contributed by atoms with Crippen molar-refractivity contribution in [2.45, 2.75) is 6.42 Å². The van der Waals surface area contributed by atoms with Crippen LogP contribution in [0.3, 0.4) is 0 Å². The third kappa shape index (κ3) is 2.03. The minimum absolute atomic E-state index is 0.139. The van der Waals surface area contributed by atoms with Crippen molar-refractivity contribution >= 4 is 17.3 Å². The number of fused-ring (bicyclic) bond motifs is 1. The van der Waals surface area contributed by atoms with E-state index in [1.54, 1.807) is 11.0 Å². The van der Waals surface area contributed by atoms with Crippen molar-refractivity contribution in [3.63, 3.8) is 0 Å². The quantitative estimate of drug-likeness (QED) is 0.690. The van der Waals surface area contributed by atoms with E-state index in [1.165, 1.54) is 18.2 Å². The minimum atomic E-state index is -0.263. The van der Waals surface area contributed by atoms with Crippen LogP contribution in [0.15, 0.2) is 36.4 Å². The Balaban J connectivity index is 1.99. The molecule has 5 nitrogen and oxygen atoms in total. The fourth-order valence-corrected chi connectivity index (χ4v) is 2.48. The lowest BCUT2D eigenvalue weighted by molar-refractivity contribution is 0.0988. The fraction of sp³-hybridized carbons (Fsp3) is 0.133. The maximum absolute atomic E-state index is 12.5. The standard InChI is InChI=1S/C15H14N2O3/c16-11-2-1-9-3-4-17(14(9)7-11)15(20)10-5-12(18)8-13(19)6-10/h1-2,5-8,18-19H,3-4,16H2. The lowest BCUT2D eigenvalue weighted by Gasteiger charge is -2.18. The van der Waals surface area contributed by atoms with Crippen molar-refractivity contribution in [1.29, 1.82) is 0 Å². The Bertz CT molecular complexity index is 677. The SMILES string of the molecule is Nc1ccc2c(c1)N(C(=O)c1cc(O)cc(O)c1)CC2. The molecular weight excluding hydrogens is 256 g/mol. The lowest BCUT2D eigenvalue weighted by atomic mass is 10.1. The predicted octanol–water partition coefficient (Wildman–Crippen LogP) is 1.88. The van der Waals surface area contributed by atoms with Gasteiger partial charge in [0, 0.05) is 29.5 Å². The Hall–Kier alpha value is -2.69. The molecule has 0 fully saturated rings. The van der Waals surface area contributed by atoms with E-state index in [0.29, 0.717) is 12.2 Å². The number of hydrogen-bond acceptors (Lipinski definition) is 4. The highest BCUT2D eigenvalue weighted by atomic mass is 16.3. The second-order valence-corrected chi connectivity index (χ2v) is 4.83. The summed E-state index contributed by atoms with van der Waals surface area (Å²) >= 11 is 0. The number of carbonyl (C=O) groups is 1. The van der Waals surface area contributed by atoms with Crippen LogP contribution in [0, 0.1) is 0 Å². The molecule has 0 spiro atoms. The van der Waals surface area contributed by atoms with Gasteiger partial charge in [0.05, 0.1) is 0 Å². The summed E-state index contributed by atoms with van der Waals surface area (Å²) in [4.78, 5) is 14.1. The normalized spacial score (nSPS) is 13.3. The second kappa shape index (κ2) is 4.45. The Morgan fingerprint density at radius 1 is 1.10 bits per heavy atom. The number of phenols is 2. The first kappa shape index (κ1) is 12.3.